The van der Waals surface area contributed by atoms with Crippen LogP contribution in [-0.2, 0) is 4.43 Å². The maximum absolute atomic E-state index is 13.5. The van der Waals surface area contributed by atoms with Gasteiger partial charge in [-0.2, -0.15) is 0 Å². The molecule has 0 aliphatic carbocycles. The molecule has 0 saturated heterocycles. The second kappa shape index (κ2) is 6.08. The molecule has 2 aromatic carbocycles. The van der Waals surface area contributed by atoms with Crippen molar-refractivity contribution in [2.45, 2.75) is 4.43 Å². The summed E-state index contributed by atoms with van der Waals surface area (Å²) in [5, 5.41) is 0. The van der Waals surface area contributed by atoms with Crippen molar-refractivity contribution in [1.82, 2.24) is 0 Å². The summed E-state index contributed by atoms with van der Waals surface area (Å²) in [7, 11) is 0. The number of hydrogen-bond donors (Lipinski definition) is 0. The Morgan fingerprint density at radius 1 is 1.00 bits per heavy atom. The number of benzene rings is 2. The third-order valence-corrected chi connectivity index (χ3v) is 5.65. The van der Waals surface area contributed by atoms with Crippen molar-refractivity contribution in [3.8, 4) is 0 Å². The van der Waals surface area contributed by atoms with Crippen LogP contribution in [0.15, 0.2) is 42.5 Å². The molecule has 0 nitrogen and oxygen atoms in total. The van der Waals surface area contributed by atoms with E-state index in [0.717, 1.165) is 17.1 Å². The van der Waals surface area contributed by atoms with Crippen LogP contribution in [0.5, 0.6) is 0 Å². The second-order valence-electron chi connectivity index (χ2n) is 3.44. The molecule has 0 aliphatic rings. The van der Waals surface area contributed by atoms with E-state index >= 15 is 0 Å². The fourth-order valence-electron chi connectivity index (χ4n) is 1.31. The summed E-state index contributed by atoms with van der Waals surface area (Å²) in [5.74, 6) is -0.370. The van der Waals surface area contributed by atoms with Crippen molar-refractivity contribution in [2.75, 3.05) is 0 Å². The zero-order chi connectivity index (χ0) is 12.3. The standard InChI is InChI=1S/C13H9F2I2/c14-10-1-4-12(5-2-10)17-8-9-7-11(16)3-6-13(9)15/h1-7H,8H2/q-1. The Labute approximate surface area is 123 Å². The summed E-state index contributed by atoms with van der Waals surface area (Å²) in [6, 6.07) is 11.6. The average Bonchev–Trinajstić information content (AvgIpc) is 2.32. The van der Waals surface area contributed by atoms with Crippen LogP contribution in [-0.4, -0.2) is 0 Å². The minimum absolute atomic E-state index is 0.146. The van der Waals surface area contributed by atoms with Crippen LogP contribution in [0.2, 0.25) is 0 Å². The number of halogens is 4. The fourth-order valence-corrected chi connectivity index (χ4v) is 4.17. The Hall–Kier alpha value is -0.240. The predicted molar refractivity (Wildman–Crippen MR) is 67.9 cm³/mol. The van der Waals surface area contributed by atoms with Crippen molar-refractivity contribution in [1.29, 1.82) is 0 Å². The Balaban J connectivity index is 2.07. The SMILES string of the molecule is Fc1ccc([I-]Cc2cc(I)ccc2F)cc1. The predicted octanol–water partition coefficient (Wildman–Crippen LogP) is 1.03. The molecule has 0 N–H and O–H groups in total. The Morgan fingerprint density at radius 3 is 2.41 bits per heavy atom. The summed E-state index contributed by atoms with van der Waals surface area (Å²) in [4.78, 5) is 0. The molecule has 0 radical (unpaired) electrons. The molecule has 0 saturated carbocycles. The molecule has 0 amide bonds. The fraction of sp³-hybridized carbons (Fsp3) is 0.0769. The molecule has 0 unspecified atom stereocenters. The quantitative estimate of drug-likeness (QED) is 0.478. The minimum atomic E-state index is -0.304. The summed E-state index contributed by atoms with van der Waals surface area (Å²) in [6.07, 6.45) is 0. The molecule has 4 heteroatoms. The molecule has 17 heavy (non-hydrogen) atoms. The van der Waals surface area contributed by atoms with Gasteiger partial charge in [0.15, 0.2) is 0 Å². The Morgan fingerprint density at radius 2 is 1.71 bits per heavy atom. The average molecular weight is 457 g/mol. The summed E-state index contributed by atoms with van der Waals surface area (Å²) in [6.45, 7) is 0. The van der Waals surface area contributed by atoms with E-state index in [2.05, 4.69) is 22.6 Å². The van der Waals surface area contributed by atoms with Gasteiger partial charge in [0.25, 0.3) is 0 Å². The van der Waals surface area contributed by atoms with E-state index < -0.39 is 0 Å². The molecule has 90 valence electrons. The van der Waals surface area contributed by atoms with E-state index in [1.807, 2.05) is 6.07 Å². The van der Waals surface area contributed by atoms with Crippen LogP contribution in [0.25, 0.3) is 0 Å². The molecule has 2 rings (SSSR count). The van der Waals surface area contributed by atoms with Crippen LogP contribution in [0.4, 0.5) is 8.78 Å². The van der Waals surface area contributed by atoms with Crippen molar-refractivity contribution in [3.05, 3.63) is 66.8 Å². The van der Waals surface area contributed by atoms with Gasteiger partial charge in [-0.05, 0) is 0 Å². The van der Waals surface area contributed by atoms with Crippen LogP contribution < -0.4 is 21.2 Å². The van der Waals surface area contributed by atoms with Crippen LogP contribution in [0, 0.1) is 18.8 Å². The van der Waals surface area contributed by atoms with Gasteiger partial charge in [0, 0.05) is 0 Å². The Bertz CT molecular complexity index is 509. The first-order chi connectivity index (χ1) is 8.15. The molecule has 2 aromatic rings. The van der Waals surface area contributed by atoms with Gasteiger partial charge in [0.05, 0.1) is 0 Å². The normalized spacial score (nSPS) is 10.8. The van der Waals surface area contributed by atoms with Crippen LogP contribution in [0.3, 0.4) is 0 Å². The zero-order valence-electron chi connectivity index (χ0n) is 8.76. The van der Waals surface area contributed by atoms with Gasteiger partial charge in [-0.3, -0.25) is 0 Å². The van der Waals surface area contributed by atoms with Gasteiger partial charge < -0.3 is 0 Å². The molecule has 0 aromatic heterocycles. The Kier molecular flexibility index (Phi) is 4.72. The molecular formula is C13H9F2I2-. The number of hydrogen-bond acceptors (Lipinski definition) is 0. The van der Waals surface area contributed by atoms with Gasteiger partial charge in [0.1, 0.15) is 0 Å². The number of alkyl halides is 1. The van der Waals surface area contributed by atoms with Crippen LogP contribution in [0.1, 0.15) is 5.56 Å². The molecule has 0 atom stereocenters. The third-order valence-electron chi connectivity index (χ3n) is 2.18. The monoisotopic (exact) mass is 457 g/mol. The zero-order valence-corrected chi connectivity index (χ0v) is 13.1. The summed E-state index contributed by atoms with van der Waals surface area (Å²) < 4.78 is 29.1. The van der Waals surface area contributed by atoms with E-state index in [1.165, 1.54) is 18.2 Å². The van der Waals surface area contributed by atoms with Crippen LogP contribution >= 0.6 is 22.6 Å². The molecule has 0 spiro atoms. The van der Waals surface area contributed by atoms with E-state index in [1.54, 1.807) is 18.2 Å². The van der Waals surface area contributed by atoms with Crippen molar-refractivity contribution >= 4 is 22.6 Å². The molecular weight excluding hydrogens is 448 g/mol. The van der Waals surface area contributed by atoms with Crippen molar-refractivity contribution < 1.29 is 30.0 Å². The maximum atomic E-state index is 13.5. The van der Waals surface area contributed by atoms with Crippen molar-refractivity contribution in [3.63, 3.8) is 0 Å². The van der Waals surface area contributed by atoms with Gasteiger partial charge in [-0.15, -0.1) is 0 Å². The van der Waals surface area contributed by atoms with Gasteiger partial charge in [0.2, 0.25) is 0 Å². The van der Waals surface area contributed by atoms with Gasteiger partial charge >= 0.3 is 124 Å². The molecule has 0 aliphatic heterocycles. The van der Waals surface area contributed by atoms with E-state index in [4.69, 9.17) is 0 Å². The topological polar surface area (TPSA) is 0 Å². The van der Waals surface area contributed by atoms with Gasteiger partial charge in [-0.1, -0.05) is 0 Å². The summed E-state index contributed by atoms with van der Waals surface area (Å²) >= 11 is 1.87. The number of rotatable bonds is 3. The van der Waals surface area contributed by atoms with E-state index in [9.17, 15) is 8.78 Å². The summed E-state index contributed by atoms with van der Waals surface area (Å²) in [5.41, 5.74) is 0.758. The molecule has 0 bridgehead atoms. The first-order valence-electron chi connectivity index (χ1n) is 4.94. The van der Waals surface area contributed by atoms with Gasteiger partial charge in [-0.25, -0.2) is 0 Å². The van der Waals surface area contributed by atoms with E-state index in [-0.39, 0.29) is 32.8 Å². The molecule has 0 heterocycles. The third kappa shape index (κ3) is 3.87. The first kappa shape index (κ1) is 13.2. The molecule has 0 fully saturated rings. The van der Waals surface area contributed by atoms with Crippen molar-refractivity contribution in [2.24, 2.45) is 0 Å². The van der Waals surface area contributed by atoms with E-state index in [0.29, 0.717) is 0 Å². The second-order valence-corrected chi connectivity index (χ2v) is 7.46. The first-order valence-corrected chi connectivity index (χ1v) is 8.62.